The maximum absolute atomic E-state index is 14.6. The van der Waals surface area contributed by atoms with E-state index in [1.807, 2.05) is 0 Å². The molecule has 2 aromatic carbocycles. The Kier molecular flexibility index (Phi) is 4.40. The number of ketones is 1. The van der Waals surface area contributed by atoms with Crippen molar-refractivity contribution in [2.24, 2.45) is 5.14 Å². The number of carbonyl (C=O) groups is 1. The SMILES string of the molecule is CC1(C)OC(c2ccc(S(N)(=O)=O)cc2F)=C(c2ccc(F)c(F)c2)C1=O. The molecule has 0 radical (unpaired) electrons. The van der Waals surface area contributed by atoms with Crippen molar-refractivity contribution >= 4 is 27.1 Å². The van der Waals surface area contributed by atoms with E-state index in [2.05, 4.69) is 0 Å². The first-order chi connectivity index (χ1) is 12.4. The van der Waals surface area contributed by atoms with Crippen molar-refractivity contribution in [3.63, 3.8) is 0 Å². The Morgan fingerprint density at radius 2 is 1.63 bits per heavy atom. The predicted octanol–water partition coefficient (Wildman–Crippen LogP) is 3.00. The van der Waals surface area contributed by atoms with Crippen LogP contribution in [0.15, 0.2) is 41.3 Å². The normalized spacial score (nSPS) is 16.6. The van der Waals surface area contributed by atoms with Crippen molar-refractivity contribution in [3.8, 4) is 0 Å². The first-order valence-corrected chi connectivity index (χ1v) is 9.22. The van der Waals surface area contributed by atoms with Crippen molar-refractivity contribution in [2.75, 3.05) is 0 Å². The van der Waals surface area contributed by atoms with Crippen LogP contribution in [0.2, 0.25) is 0 Å². The molecule has 2 aromatic rings. The lowest BCUT2D eigenvalue weighted by Gasteiger charge is -2.18. The van der Waals surface area contributed by atoms with E-state index in [0.717, 1.165) is 24.3 Å². The van der Waals surface area contributed by atoms with Crippen LogP contribution in [0, 0.1) is 17.5 Å². The van der Waals surface area contributed by atoms with E-state index in [1.54, 1.807) is 0 Å². The summed E-state index contributed by atoms with van der Waals surface area (Å²) < 4.78 is 69.8. The highest BCUT2D eigenvalue weighted by atomic mass is 32.2. The highest BCUT2D eigenvalue weighted by Crippen LogP contribution is 2.42. The number of carbonyl (C=O) groups excluding carboxylic acids is 1. The van der Waals surface area contributed by atoms with E-state index >= 15 is 0 Å². The number of hydrogen-bond acceptors (Lipinski definition) is 4. The van der Waals surface area contributed by atoms with Crippen molar-refractivity contribution in [1.82, 2.24) is 0 Å². The molecular weight excluding hydrogens is 383 g/mol. The van der Waals surface area contributed by atoms with Gasteiger partial charge < -0.3 is 4.74 Å². The summed E-state index contributed by atoms with van der Waals surface area (Å²) in [5.41, 5.74) is -1.71. The van der Waals surface area contributed by atoms with Crippen LogP contribution in [-0.2, 0) is 19.6 Å². The number of sulfonamides is 1. The van der Waals surface area contributed by atoms with E-state index in [1.165, 1.54) is 19.9 Å². The second kappa shape index (κ2) is 6.21. The lowest BCUT2D eigenvalue weighted by Crippen LogP contribution is -2.29. The van der Waals surface area contributed by atoms with Gasteiger partial charge in [-0.05, 0) is 49.7 Å². The second-order valence-corrected chi connectivity index (χ2v) is 8.02. The van der Waals surface area contributed by atoms with Gasteiger partial charge in [0.2, 0.25) is 15.8 Å². The van der Waals surface area contributed by atoms with E-state index in [0.29, 0.717) is 6.07 Å². The number of Topliss-reactive ketones (excluding diaryl/α,β-unsaturated/α-hetero) is 1. The van der Waals surface area contributed by atoms with Gasteiger partial charge in [-0.25, -0.2) is 26.7 Å². The largest absolute Gasteiger partial charge is 0.478 e. The zero-order valence-corrected chi connectivity index (χ0v) is 15.0. The Bertz CT molecular complexity index is 1110. The minimum atomic E-state index is -4.13. The minimum Gasteiger partial charge on any atom is -0.478 e. The van der Waals surface area contributed by atoms with E-state index in [-0.39, 0.29) is 22.5 Å². The lowest BCUT2D eigenvalue weighted by molar-refractivity contribution is -0.125. The van der Waals surface area contributed by atoms with Crippen LogP contribution < -0.4 is 5.14 Å². The third kappa shape index (κ3) is 3.35. The van der Waals surface area contributed by atoms with Crippen LogP contribution in [0.5, 0.6) is 0 Å². The van der Waals surface area contributed by atoms with Gasteiger partial charge in [0, 0.05) is 0 Å². The van der Waals surface area contributed by atoms with Gasteiger partial charge in [-0.3, -0.25) is 4.79 Å². The standard InChI is InChI=1S/C18H14F3NO4S/c1-18(2)17(23)15(9-3-6-12(19)14(21)7-9)16(26-18)11-5-4-10(8-13(11)20)27(22,24)25/h3-8H,1-2H3,(H2,22,24,25). The van der Waals surface area contributed by atoms with E-state index < -0.39 is 43.8 Å². The molecule has 142 valence electrons. The summed E-state index contributed by atoms with van der Waals surface area (Å²) in [6.07, 6.45) is 0. The molecule has 0 saturated heterocycles. The molecule has 0 aliphatic carbocycles. The Balaban J connectivity index is 2.24. The maximum atomic E-state index is 14.6. The Morgan fingerprint density at radius 3 is 2.19 bits per heavy atom. The summed E-state index contributed by atoms with van der Waals surface area (Å²) >= 11 is 0. The first-order valence-electron chi connectivity index (χ1n) is 7.68. The van der Waals surface area contributed by atoms with Crippen LogP contribution in [0.1, 0.15) is 25.0 Å². The van der Waals surface area contributed by atoms with Crippen molar-refractivity contribution in [2.45, 2.75) is 24.3 Å². The molecule has 0 atom stereocenters. The van der Waals surface area contributed by atoms with Gasteiger partial charge in [-0.2, -0.15) is 0 Å². The van der Waals surface area contributed by atoms with Gasteiger partial charge in [0.15, 0.2) is 17.2 Å². The van der Waals surface area contributed by atoms with Crippen LogP contribution in [0.3, 0.4) is 0 Å². The molecule has 0 unspecified atom stereocenters. The number of rotatable bonds is 3. The quantitative estimate of drug-likeness (QED) is 0.863. The highest BCUT2D eigenvalue weighted by molar-refractivity contribution is 7.89. The van der Waals surface area contributed by atoms with E-state index in [4.69, 9.17) is 9.88 Å². The van der Waals surface area contributed by atoms with Gasteiger partial charge >= 0.3 is 0 Å². The number of benzene rings is 2. The van der Waals surface area contributed by atoms with Crippen LogP contribution in [0.25, 0.3) is 11.3 Å². The fourth-order valence-electron chi connectivity index (χ4n) is 2.72. The molecular formula is C18H14F3NO4S. The third-order valence-corrected chi connectivity index (χ3v) is 4.99. The average Bonchev–Trinajstić information content (AvgIpc) is 2.79. The summed E-state index contributed by atoms with van der Waals surface area (Å²) in [6.45, 7) is 2.89. The molecule has 0 amide bonds. The van der Waals surface area contributed by atoms with Crippen LogP contribution in [0.4, 0.5) is 13.2 Å². The third-order valence-electron chi connectivity index (χ3n) is 4.08. The maximum Gasteiger partial charge on any atom is 0.238 e. The minimum absolute atomic E-state index is 0.00870. The Morgan fingerprint density at radius 1 is 0.963 bits per heavy atom. The summed E-state index contributed by atoms with van der Waals surface area (Å²) in [4.78, 5) is 12.3. The van der Waals surface area contributed by atoms with Crippen molar-refractivity contribution in [1.29, 1.82) is 0 Å². The summed E-state index contributed by atoms with van der Waals surface area (Å²) in [5.74, 6) is -4.04. The monoisotopic (exact) mass is 397 g/mol. The molecule has 0 fully saturated rings. The number of hydrogen-bond donors (Lipinski definition) is 1. The molecule has 2 N–H and O–H groups in total. The molecule has 0 aromatic heterocycles. The summed E-state index contributed by atoms with van der Waals surface area (Å²) in [5, 5.41) is 4.97. The first kappa shape index (κ1) is 19.1. The molecule has 27 heavy (non-hydrogen) atoms. The molecule has 3 rings (SSSR count). The number of nitrogens with two attached hydrogens (primary N) is 1. The fourth-order valence-corrected chi connectivity index (χ4v) is 3.24. The van der Waals surface area contributed by atoms with Gasteiger partial charge in [-0.1, -0.05) is 6.07 Å². The number of primary sulfonamides is 1. The van der Waals surface area contributed by atoms with Gasteiger partial charge in [0.1, 0.15) is 11.6 Å². The predicted molar refractivity (Wildman–Crippen MR) is 91.1 cm³/mol. The van der Waals surface area contributed by atoms with Gasteiger partial charge in [-0.15, -0.1) is 0 Å². The Labute approximate surface area is 153 Å². The number of ether oxygens (including phenoxy) is 1. The average molecular weight is 397 g/mol. The molecule has 0 spiro atoms. The highest BCUT2D eigenvalue weighted by Gasteiger charge is 2.43. The van der Waals surface area contributed by atoms with Gasteiger partial charge in [0.25, 0.3) is 0 Å². The topological polar surface area (TPSA) is 86.5 Å². The van der Waals surface area contributed by atoms with Crippen LogP contribution in [-0.4, -0.2) is 19.8 Å². The summed E-state index contributed by atoms with van der Waals surface area (Å²) in [6, 6.07) is 5.67. The zero-order valence-electron chi connectivity index (χ0n) is 14.2. The molecule has 9 heteroatoms. The fraction of sp³-hybridized carbons (Fsp3) is 0.167. The Hall–Kier alpha value is -2.65. The lowest BCUT2D eigenvalue weighted by atomic mass is 9.92. The molecule has 1 heterocycles. The summed E-state index contributed by atoms with van der Waals surface area (Å²) in [7, 11) is -4.13. The van der Waals surface area contributed by atoms with Gasteiger partial charge in [0.05, 0.1) is 16.0 Å². The second-order valence-electron chi connectivity index (χ2n) is 6.46. The number of halogens is 3. The molecule has 5 nitrogen and oxygen atoms in total. The van der Waals surface area contributed by atoms with Crippen LogP contribution >= 0.6 is 0 Å². The zero-order chi connectivity index (χ0) is 20.1. The van der Waals surface area contributed by atoms with Crippen molar-refractivity contribution in [3.05, 3.63) is 65.0 Å². The van der Waals surface area contributed by atoms with E-state index in [9.17, 15) is 26.4 Å². The smallest absolute Gasteiger partial charge is 0.238 e. The molecule has 0 saturated carbocycles. The van der Waals surface area contributed by atoms with Crippen molar-refractivity contribution < 1.29 is 31.1 Å². The molecule has 0 bridgehead atoms. The molecule has 1 aliphatic rings. The molecule has 1 aliphatic heterocycles.